The lowest BCUT2D eigenvalue weighted by Gasteiger charge is -2.15. The number of ether oxygens (including phenoxy) is 3. The van der Waals surface area contributed by atoms with Crippen LogP contribution in [0.4, 0.5) is 0 Å². The van der Waals surface area contributed by atoms with Crippen molar-refractivity contribution >= 4 is 31.2 Å². The van der Waals surface area contributed by atoms with Crippen LogP contribution in [0.15, 0.2) is 15.2 Å². The zero-order chi connectivity index (χ0) is 16.3. The van der Waals surface area contributed by atoms with Crippen LogP contribution in [-0.4, -0.2) is 43.3 Å². The SMILES string of the molecule is CCOC(OC)OCc1sc(S(N)(=O)=O)cc1S(C)(=O)=O. The Balaban J connectivity index is 3.08. The maximum Gasteiger partial charge on any atom is 0.271 e. The van der Waals surface area contributed by atoms with Crippen molar-refractivity contribution in [2.24, 2.45) is 5.14 Å². The molecule has 1 unspecified atom stereocenters. The molecule has 122 valence electrons. The van der Waals surface area contributed by atoms with E-state index < -0.39 is 26.3 Å². The molecule has 0 spiro atoms. The number of sulfone groups is 1. The second-order valence-electron chi connectivity index (χ2n) is 3.96. The Morgan fingerprint density at radius 1 is 1.29 bits per heavy atom. The maximum atomic E-state index is 11.7. The van der Waals surface area contributed by atoms with Gasteiger partial charge in [-0.1, -0.05) is 0 Å². The maximum absolute atomic E-state index is 11.7. The minimum absolute atomic E-state index is 0.136. The van der Waals surface area contributed by atoms with Crippen molar-refractivity contribution in [2.75, 3.05) is 20.0 Å². The fraction of sp³-hybridized carbons (Fsp3) is 0.600. The average molecular weight is 359 g/mol. The van der Waals surface area contributed by atoms with Gasteiger partial charge in [0, 0.05) is 20.0 Å². The number of primary sulfonamides is 1. The highest BCUT2D eigenvalue weighted by molar-refractivity contribution is 7.92. The van der Waals surface area contributed by atoms with E-state index in [-0.39, 0.29) is 20.6 Å². The predicted octanol–water partition coefficient (Wildman–Crippen LogP) is 0.282. The number of thiophene rings is 1. The molecule has 0 aliphatic rings. The Labute approximate surface area is 127 Å². The van der Waals surface area contributed by atoms with Gasteiger partial charge in [0.05, 0.1) is 16.4 Å². The molecule has 21 heavy (non-hydrogen) atoms. The summed E-state index contributed by atoms with van der Waals surface area (Å²) in [5.41, 5.74) is 0. The van der Waals surface area contributed by atoms with Crippen molar-refractivity contribution in [1.29, 1.82) is 0 Å². The molecule has 1 rings (SSSR count). The molecule has 1 aromatic rings. The minimum atomic E-state index is -3.98. The molecule has 1 aromatic heterocycles. The second-order valence-corrected chi connectivity index (χ2v) is 8.87. The van der Waals surface area contributed by atoms with Crippen LogP contribution in [0.25, 0.3) is 0 Å². The van der Waals surface area contributed by atoms with E-state index in [9.17, 15) is 16.8 Å². The standard InChI is InChI=1S/C10H17NO7S3/c1-4-17-10(16-2)18-6-7-8(20(3,12)13)5-9(19-7)21(11,14)15/h5,10H,4,6H2,1-3H3,(H2,11,14,15). The zero-order valence-electron chi connectivity index (χ0n) is 11.7. The molecule has 2 N–H and O–H groups in total. The highest BCUT2D eigenvalue weighted by Crippen LogP contribution is 2.30. The molecule has 0 aromatic carbocycles. The fourth-order valence-electron chi connectivity index (χ4n) is 1.41. The van der Waals surface area contributed by atoms with Crippen LogP contribution >= 0.6 is 11.3 Å². The van der Waals surface area contributed by atoms with E-state index in [1.165, 1.54) is 7.11 Å². The summed E-state index contributed by atoms with van der Waals surface area (Å²) in [6.45, 7) is 0.926. The predicted molar refractivity (Wildman–Crippen MR) is 76.0 cm³/mol. The van der Waals surface area contributed by atoms with Crippen LogP contribution in [0.2, 0.25) is 0 Å². The van der Waals surface area contributed by atoms with Gasteiger partial charge in [0.15, 0.2) is 9.84 Å². The van der Waals surface area contributed by atoms with Crippen LogP contribution in [0, 0.1) is 0 Å². The fourth-order valence-corrected chi connectivity index (χ4v) is 4.69. The molecular formula is C10H17NO7S3. The second kappa shape index (κ2) is 7.13. The zero-order valence-corrected chi connectivity index (χ0v) is 14.2. The molecule has 1 heterocycles. The van der Waals surface area contributed by atoms with Crippen molar-refractivity contribution < 1.29 is 31.0 Å². The molecule has 0 fully saturated rings. The van der Waals surface area contributed by atoms with Crippen molar-refractivity contribution in [2.45, 2.75) is 29.1 Å². The van der Waals surface area contributed by atoms with Gasteiger partial charge in [-0.15, -0.1) is 11.3 Å². The van der Waals surface area contributed by atoms with Crippen LogP contribution in [0.5, 0.6) is 0 Å². The molecule has 0 saturated carbocycles. The topological polar surface area (TPSA) is 122 Å². The van der Waals surface area contributed by atoms with Gasteiger partial charge in [0.25, 0.3) is 6.48 Å². The quantitative estimate of drug-likeness (QED) is 0.662. The van der Waals surface area contributed by atoms with E-state index in [1.54, 1.807) is 6.92 Å². The lowest BCUT2D eigenvalue weighted by Crippen LogP contribution is -2.19. The Morgan fingerprint density at radius 3 is 2.33 bits per heavy atom. The van der Waals surface area contributed by atoms with Gasteiger partial charge in [-0.25, -0.2) is 22.0 Å². The molecule has 11 heteroatoms. The van der Waals surface area contributed by atoms with Gasteiger partial charge in [0.2, 0.25) is 10.0 Å². The van der Waals surface area contributed by atoms with E-state index >= 15 is 0 Å². The van der Waals surface area contributed by atoms with E-state index in [0.29, 0.717) is 6.61 Å². The largest absolute Gasteiger partial charge is 0.333 e. The first-order valence-electron chi connectivity index (χ1n) is 5.71. The Hall–Kier alpha value is -0.560. The molecule has 1 atom stereocenters. The lowest BCUT2D eigenvalue weighted by atomic mass is 10.5. The van der Waals surface area contributed by atoms with Crippen LogP contribution < -0.4 is 5.14 Å². The summed E-state index contributed by atoms with van der Waals surface area (Å²) in [5, 5.41) is 5.01. The summed E-state index contributed by atoms with van der Waals surface area (Å²) in [4.78, 5) is 0.0751. The van der Waals surface area contributed by atoms with E-state index in [0.717, 1.165) is 23.7 Å². The third-order valence-electron chi connectivity index (χ3n) is 2.27. The average Bonchev–Trinajstić information content (AvgIpc) is 2.78. The molecule has 0 aliphatic heterocycles. The summed E-state index contributed by atoms with van der Waals surface area (Å²) < 4.78 is 61.0. The summed E-state index contributed by atoms with van der Waals surface area (Å²) >= 11 is 0.736. The number of rotatable bonds is 8. The van der Waals surface area contributed by atoms with E-state index in [4.69, 9.17) is 19.3 Å². The first-order valence-corrected chi connectivity index (χ1v) is 9.96. The van der Waals surface area contributed by atoms with Crippen LogP contribution in [-0.2, 0) is 40.7 Å². The first kappa shape index (κ1) is 18.5. The summed E-state index contributed by atoms with van der Waals surface area (Å²) in [5.74, 6) is 0. The van der Waals surface area contributed by atoms with Gasteiger partial charge in [-0.05, 0) is 13.0 Å². The van der Waals surface area contributed by atoms with E-state index in [1.807, 2.05) is 0 Å². The summed E-state index contributed by atoms with van der Waals surface area (Å²) in [7, 11) is -6.23. The minimum Gasteiger partial charge on any atom is -0.333 e. The molecule has 0 radical (unpaired) electrons. The number of nitrogens with two attached hydrogens (primary N) is 1. The van der Waals surface area contributed by atoms with Gasteiger partial charge in [-0.3, -0.25) is 0 Å². The van der Waals surface area contributed by atoms with Gasteiger partial charge < -0.3 is 14.2 Å². The van der Waals surface area contributed by atoms with Gasteiger partial charge in [0.1, 0.15) is 4.21 Å². The number of methoxy groups -OCH3 is 1. The normalized spacial score (nSPS) is 14.3. The number of hydrogen-bond donors (Lipinski definition) is 1. The summed E-state index contributed by atoms with van der Waals surface area (Å²) in [6.07, 6.45) is 0.974. The molecule has 0 aliphatic carbocycles. The first-order chi connectivity index (χ1) is 9.59. The lowest BCUT2D eigenvalue weighted by molar-refractivity contribution is -0.280. The highest BCUT2D eigenvalue weighted by Gasteiger charge is 2.23. The highest BCUT2D eigenvalue weighted by atomic mass is 32.2. The van der Waals surface area contributed by atoms with Crippen LogP contribution in [0.1, 0.15) is 11.8 Å². The molecule has 0 amide bonds. The van der Waals surface area contributed by atoms with Crippen molar-refractivity contribution in [3.63, 3.8) is 0 Å². The van der Waals surface area contributed by atoms with Crippen molar-refractivity contribution in [3.8, 4) is 0 Å². The molecule has 0 bridgehead atoms. The van der Waals surface area contributed by atoms with Gasteiger partial charge in [-0.2, -0.15) is 0 Å². The smallest absolute Gasteiger partial charge is 0.271 e. The Kier molecular flexibility index (Phi) is 6.28. The monoisotopic (exact) mass is 359 g/mol. The van der Waals surface area contributed by atoms with Crippen molar-refractivity contribution in [1.82, 2.24) is 0 Å². The third kappa shape index (κ3) is 5.29. The molecule has 8 nitrogen and oxygen atoms in total. The van der Waals surface area contributed by atoms with Gasteiger partial charge >= 0.3 is 0 Å². The van der Waals surface area contributed by atoms with Crippen molar-refractivity contribution in [3.05, 3.63) is 10.9 Å². The van der Waals surface area contributed by atoms with Crippen LogP contribution in [0.3, 0.4) is 0 Å². The number of sulfonamides is 1. The Bertz CT molecular complexity index is 678. The van der Waals surface area contributed by atoms with E-state index in [2.05, 4.69) is 0 Å². The Morgan fingerprint density at radius 2 is 1.90 bits per heavy atom. The third-order valence-corrected chi connectivity index (χ3v) is 6.09. The number of hydrogen-bond acceptors (Lipinski definition) is 8. The molecule has 0 saturated heterocycles. The molecular weight excluding hydrogens is 342 g/mol. The summed E-state index contributed by atoms with van der Waals surface area (Å²) in [6, 6.07) is 1.02.